The van der Waals surface area contributed by atoms with E-state index >= 15 is 0 Å². The van der Waals surface area contributed by atoms with Gasteiger partial charge in [-0.3, -0.25) is 0 Å². The topological polar surface area (TPSA) is 164 Å². The minimum atomic E-state index is -3.40. The first kappa shape index (κ1) is 30.5. The lowest BCUT2D eigenvalue weighted by Gasteiger charge is -2.33. The van der Waals surface area contributed by atoms with Gasteiger partial charge in [0.05, 0.1) is 59.3 Å². The van der Waals surface area contributed by atoms with Crippen LogP contribution >= 0.6 is 23.2 Å². The van der Waals surface area contributed by atoms with Gasteiger partial charge in [0.15, 0.2) is 6.10 Å². The fraction of sp³-hybridized carbons (Fsp3) is 0.435. The first-order chi connectivity index (χ1) is 18.4. The van der Waals surface area contributed by atoms with Crippen LogP contribution in [0.15, 0.2) is 40.7 Å². The molecule has 39 heavy (non-hydrogen) atoms. The summed E-state index contributed by atoms with van der Waals surface area (Å²) in [5, 5.41) is 15.7. The molecule has 212 valence electrons. The van der Waals surface area contributed by atoms with Crippen molar-refractivity contribution in [2.24, 2.45) is 0 Å². The van der Waals surface area contributed by atoms with Crippen LogP contribution in [0.4, 0.5) is 0 Å². The molecule has 0 radical (unpaired) electrons. The molecule has 3 rings (SSSR count). The lowest BCUT2D eigenvalue weighted by atomic mass is 9.79. The Morgan fingerprint density at radius 3 is 2.54 bits per heavy atom. The van der Waals surface area contributed by atoms with Crippen molar-refractivity contribution >= 4 is 45.2 Å². The smallest absolute Gasteiger partial charge is 0.336 e. The zero-order valence-electron chi connectivity index (χ0n) is 21.8. The summed E-state index contributed by atoms with van der Waals surface area (Å²) in [6, 6.07) is 4.86. The number of nitrogens with one attached hydrogen (secondary N) is 2. The van der Waals surface area contributed by atoms with E-state index in [9.17, 15) is 18.0 Å². The average Bonchev–Trinajstić information content (AvgIpc) is 3.33. The van der Waals surface area contributed by atoms with Gasteiger partial charge in [-0.2, -0.15) is 4.80 Å². The molecule has 0 aliphatic carbocycles. The second-order valence-corrected chi connectivity index (χ2v) is 10.9. The Morgan fingerprint density at radius 1 is 1.21 bits per heavy atom. The molecule has 0 bridgehead atoms. The molecule has 1 aromatic heterocycles. The van der Waals surface area contributed by atoms with Gasteiger partial charge in [0.2, 0.25) is 15.8 Å². The van der Waals surface area contributed by atoms with E-state index in [0.717, 1.165) is 6.26 Å². The van der Waals surface area contributed by atoms with E-state index in [-0.39, 0.29) is 52.4 Å². The predicted octanol–water partition coefficient (Wildman–Crippen LogP) is 1.87. The molecular formula is C23H28Cl2N6O7S. The van der Waals surface area contributed by atoms with E-state index in [2.05, 4.69) is 25.4 Å². The zero-order valence-corrected chi connectivity index (χ0v) is 24.1. The van der Waals surface area contributed by atoms with Gasteiger partial charge in [-0.15, -0.1) is 10.2 Å². The molecule has 1 aliphatic rings. The summed E-state index contributed by atoms with van der Waals surface area (Å²) in [6.45, 7) is 3.43. The van der Waals surface area contributed by atoms with Gasteiger partial charge in [-0.05, 0) is 30.7 Å². The van der Waals surface area contributed by atoms with Crippen molar-refractivity contribution < 1.29 is 32.2 Å². The molecule has 1 aliphatic heterocycles. The second kappa shape index (κ2) is 12.9. The molecule has 16 heteroatoms. The van der Waals surface area contributed by atoms with Gasteiger partial charge in [-0.1, -0.05) is 35.3 Å². The number of rotatable bonds is 11. The van der Waals surface area contributed by atoms with Gasteiger partial charge < -0.3 is 19.5 Å². The Hall–Kier alpha value is -3.04. The number of esters is 2. The van der Waals surface area contributed by atoms with Gasteiger partial charge in [0, 0.05) is 19.4 Å². The third-order valence-corrected chi connectivity index (χ3v) is 7.23. The van der Waals surface area contributed by atoms with E-state index in [1.165, 1.54) is 19.0 Å². The number of carbonyl (C=O) groups is 2. The van der Waals surface area contributed by atoms with Crippen LogP contribution in [0.3, 0.4) is 0 Å². The van der Waals surface area contributed by atoms with Crippen LogP contribution in [0.25, 0.3) is 0 Å². The van der Waals surface area contributed by atoms with E-state index in [1.807, 2.05) is 0 Å². The standard InChI is InChI=1S/C23H28Cl2N6O7S/c1-6-38-23(33)17-16(13-8-7-9-14(24)18(13)25)15(22(32)37-4)12(2)27-19(17)20(36-3)21-28-30-31(29-21)11-10-26-39(5,34)35/h7-9,16,20,26-27H,6,10-11H2,1-5H3. The lowest BCUT2D eigenvalue weighted by molar-refractivity contribution is -0.139. The summed E-state index contributed by atoms with van der Waals surface area (Å²) in [7, 11) is -0.801. The van der Waals surface area contributed by atoms with E-state index in [0.29, 0.717) is 11.3 Å². The van der Waals surface area contributed by atoms with Crippen LogP contribution < -0.4 is 10.0 Å². The zero-order chi connectivity index (χ0) is 28.9. The van der Waals surface area contributed by atoms with Crippen LogP contribution in [0, 0.1) is 0 Å². The molecule has 2 unspecified atom stereocenters. The van der Waals surface area contributed by atoms with Crippen molar-refractivity contribution in [3.05, 3.63) is 62.2 Å². The Balaban J connectivity index is 2.19. The SMILES string of the molecule is CCOC(=O)C1=C(C(OC)c2nnn(CCNS(C)(=O)=O)n2)NC(C)=C(C(=O)OC)C1c1cccc(Cl)c1Cl. The number of dihydropyridines is 1. The van der Waals surface area contributed by atoms with E-state index in [1.54, 1.807) is 32.0 Å². The Bertz CT molecular complexity index is 1420. The molecule has 1 aromatic carbocycles. The first-order valence-corrected chi connectivity index (χ1v) is 14.2. The molecule has 0 spiro atoms. The van der Waals surface area contributed by atoms with Gasteiger partial charge in [0.25, 0.3) is 0 Å². The Labute approximate surface area is 235 Å². The lowest BCUT2D eigenvalue weighted by Crippen LogP contribution is -2.36. The molecular weight excluding hydrogens is 575 g/mol. The van der Waals surface area contributed by atoms with Crippen LogP contribution in [0.1, 0.15) is 37.3 Å². The summed E-state index contributed by atoms with van der Waals surface area (Å²) in [6.07, 6.45) is -0.0385. The van der Waals surface area contributed by atoms with Gasteiger partial charge in [-0.25, -0.2) is 22.7 Å². The summed E-state index contributed by atoms with van der Waals surface area (Å²) in [5.74, 6) is -2.43. The third-order valence-electron chi connectivity index (χ3n) is 5.66. The number of hydrogen-bond acceptors (Lipinski definition) is 11. The maximum atomic E-state index is 13.5. The average molecular weight is 603 g/mol. The number of nitrogens with zero attached hydrogens (tertiary/aromatic N) is 4. The van der Waals surface area contributed by atoms with Crippen LogP contribution in [0.5, 0.6) is 0 Å². The minimum absolute atomic E-state index is 0.00830. The molecule has 2 aromatic rings. The highest BCUT2D eigenvalue weighted by molar-refractivity contribution is 7.88. The van der Waals surface area contributed by atoms with Crippen molar-refractivity contribution in [2.75, 3.05) is 33.6 Å². The van der Waals surface area contributed by atoms with Gasteiger partial charge >= 0.3 is 11.9 Å². The number of hydrogen-bond donors (Lipinski definition) is 2. The van der Waals surface area contributed by atoms with Gasteiger partial charge in [0.1, 0.15) is 0 Å². The second-order valence-electron chi connectivity index (χ2n) is 8.30. The summed E-state index contributed by atoms with van der Waals surface area (Å²) in [5.41, 5.74) is 1.04. The van der Waals surface area contributed by atoms with Crippen LogP contribution in [-0.2, 0) is 40.4 Å². The number of tetrazole rings is 1. The van der Waals surface area contributed by atoms with E-state index < -0.39 is 34.0 Å². The monoisotopic (exact) mass is 602 g/mol. The highest BCUT2D eigenvalue weighted by Crippen LogP contribution is 2.45. The largest absolute Gasteiger partial charge is 0.466 e. The maximum absolute atomic E-state index is 13.5. The molecule has 0 saturated carbocycles. The number of sulfonamides is 1. The molecule has 2 heterocycles. The van der Waals surface area contributed by atoms with Crippen molar-refractivity contribution in [1.29, 1.82) is 0 Å². The molecule has 13 nitrogen and oxygen atoms in total. The predicted molar refractivity (Wildman–Crippen MR) is 141 cm³/mol. The third kappa shape index (κ3) is 6.94. The summed E-state index contributed by atoms with van der Waals surface area (Å²) >= 11 is 12.9. The summed E-state index contributed by atoms with van der Waals surface area (Å²) in [4.78, 5) is 27.7. The number of benzene rings is 1. The molecule has 0 amide bonds. The fourth-order valence-electron chi connectivity index (χ4n) is 4.07. The van der Waals surface area contributed by atoms with Crippen molar-refractivity contribution in [1.82, 2.24) is 30.2 Å². The Morgan fingerprint density at radius 2 is 1.92 bits per heavy atom. The minimum Gasteiger partial charge on any atom is -0.466 e. The Kier molecular flexibility index (Phi) is 10.1. The molecule has 0 fully saturated rings. The maximum Gasteiger partial charge on any atom is 0.336 e. The highest BCUT2D eigenvalue weighted by Gasteiger charge is 2.43. The number of carbonyl (C=O) groups excluding carboxylic acids is 2. The molecule has 2 N–H and O–H groups in total. The highest BCUT2D eigenvalue weighted by atomic mass is 35.5. The van der Waals surface area contributed by atoms with E-state index in [4.69, 9.17) is 37.4 Å². The number of halogens is 2. The molecule has 2 atom stereocenters. The normalized spacial score (nSPS) is 16.6. The number of allylic oxidation sites excluding steroid dienone is 1. The number of ether oxygens (including phenoxy) is 3. The van der Waals surface area contributed by atoms with Crippen molar-refractivity contribution in [3.63, 3.8) is 0 Å². The van der Waals surface area contributed by atoms with Crippen molar-refractivity contribution in [3.8, 4) is 0 Å². The van der Waals surface area contributed by atoms with Crippen LogP contribution in [0.2, 0.25) is 10.0 Å². The van der Waals surface area contributed by atoms with Crippen LogP contribution in [-0.4, -0.2) is 74.2 Å². The number of aromatic nitrogens is 4. The summed E-state index contributed by atoms with van der Waals surface area (Å²) < 4.78 is 41.2. The fourth-order valence-corrected chi connectivity index (χ4v) is 4.95. The quantitative estimate of drug-likeness (QED) is 0.361. The molecule has 0 saturated heterocycles. The van der Waals surface area contributed by atoms with Crippen molar-refractivity contribution in [2.45, 2.75) is 32.4 Å². The first-order valence-electron chi connectivity index (χ1n) is 11.6. The number of methoxy groups -OCH3 is 2.